The molecular formula is C19H27ClN4OS. The van der Waals surface area contributed by atoms with Crippen molar-refractivity contribution in [2.24, 2.45) is 11.7 Å². The second-order valence-corrected chi connectivity index (χ2v) is 7.82. The maximum atomic E-state index is 12.3. The van der Waals surface area contributed by atoms with Gasteiger partial charge in [0.25, 0.3) is 0 Å². The first-order valence-electron chi connectivity index (χ1n) is 8.88. The predicted octanol–water partition coefficient (Wildman–Crippen LogP) is 3.44. The van der Waals surface area contributed by atoms with Crippen LogP contribution in [0.4, 0.5) is 5.13 Å². The molecule has 142 valence electrons. The van der Waals surface area contributed by atoms with E-state index in [0.717, 1.165) is 38.2 Å². The molecule has 0 bridgehead atoms. The highest BCUT2D eigenvalue weighted by molar-refractivity contribution is 7.15. The number of benzene rings is 1. The standard InChI is InChI=1S/C19H26N4OS.ClH/c1-3-13(2)17(20)18(24)22-19-21-15-9-10-23(12-16(15)25-19)11-14-7-5-4-6-8-14;/h4-8,13,17H,3,9-12,20H2,1-2H3,(H,21,22,24);1H. The summed E-state index contributed by atoms with van der Waals surface area (Å²) in [6.45, 7) is 6.86. The number of hydrogen-bond donors (Lipinski definition) is 2. The van der Waals surface area contributed by atoms with Gasteiger partial charge in [0, 0.05) is 30.9 Å². The normalized spacial score (nSPS) is 16.3. The van der Waals surface area contributed by atoms with Gasteiger partial charge < -0.3 is 11.1 Å². The van der Waals surface area contributed by atoms with E-state index in [1.165, 1.54) is 10.4 Å². The minimum atomic E-state index is -0.486. The van der Waals surface area contributed by atoms with Crippen LogP contribution in [-0.4, -0.2) is 28.4 Å². The Bertz CT molecular complexity index is 722. The Morgan fingerprint density at radius 2 is 2.12 bits per heavy atom. The summed E-state index contributed by atoms with van der Waals surface area (Å²) in [5.41, 5.74) is 8.44. The van der Waals surface area contributed by atoms with E-state index in [2.05, 4.69) is 39.5 Å². The number of rotatable bonds is 6. The molecule has 7 heteroatoms. The van der Waals surface area contributed by atoms with Crippen molar-refractivity contribution in [3.05, 3.63) is 46.5 Å². The average molecular weight is 395 g/mol. The molecule has 3 rings (SSSR count). The van der Waals surface area contributed by atoms with Gasteiger partial charge in [-0.15, -0.1) is 23.7 Å². The highest BCUT2D eigenvalue weighted by Gasteiger charge is 2.24. The van der Waals surface area contributed by atoms with E-state index in [0.29, 0.717) is 5.13 Å². The van der Waals surface area contributed by atoms with Gasteiger partial charge in [-0.3, -0.25) is 9.69 Å². The van der Waals surface area contributed by atoms with Crippen LogP contribution >= 0.6 is 23.7 Å². The number of aromatic nitrogens is 1. The molecular weight excluding hydrogens is 368 g/mol. The summed E-state index contributed by atoms with van der Waals surface area (Å²) in [6.07, 6.45) is 1.81. The maximum absolute atomic E-state index is 12.3. The Hall–Kier alpha value is -1.47. The monoisotopic (exact) mass is 394 g/mol. The molecule has 2 atom stereocenters. The summed E-state index contributed by atoms with van der Waals surface area (Å²) in [4.78, 5) is 20.5. The van der Waals surface area contributed by atoms with Gasteiger partial charge >= 0.3 is 0 Å². The third kappa shape index (κ3) is 5.04. The van der Waals surface area contributed by atoms with Crippen molar-refractivity contribution in [3.8, 4) is 0 Å². The number of carbonyl (C=O) groups excluding carboxylic acids is 1. The van der Waals surface area contributed by atoms with Crippen LogP contribution in [0.5, 0.6) is 0 Å². The molecule has 0 aliphatic carbocycles. The Morgan fingerprint density at radius 3 is 2.81 bits per heavy atom. The minimum Gasteiger partial charge on any atom is -0.320 e. The van der Waals surface area contributed by atoms with Gasteiger partial charge in [0.05, 0.1) is 11.7 Å². The van der Waals surface area contributed by atoms with Crippen LogP contribution in [-0.2, 0) is 24.3 Å². The largest absolute Gasteiger partial charge is 0.320 e. The van der Waals surface area contributed by atoms with Gasteiger partial charge in [-0.25, -0.2) is 4.98 Å². The topological polar surface area (TPSA) is 71.2 Å². The lowest BCUT2D eigenvalue weighted by Crippen LogP contribution is -2.40. The van der Waals surface area contributed by atoms with Crippen LogP contribution in [0, 0.1) is 5.92 Å². The van der Waals surface area contributed by atoms with Crippen LogP contribution < -0.4 is 11.1 Å². The fourth-order valence-corrected chi connectivity index (χ4v) is 4.03. The molecule has 26 heavy (non-hydrogen) atoms. The van der Waals surface area contributed by atoms with Crippen LogP contribution in [0.3, 0.4) is 0 Å². The highest BCUT2D eigenvalue weighted by Crippen LogP contribution is 2.29. The van der Waals surface area contributed by atoms with Crippen LogP contribution in [0.15, 0.2) is 30.3 Å². The summed E-state index contributed by atoms with van der Waals surface area (Å²) >= 11 is 1.57. The van der Waals surface area contributed by atoms with E-state index in [1.54, 1.807) is 11.3 Å². The number of nitrogens with zero attached hydrogens (tertiary/aromatic N) is 2. The summed E-state index contributed by atoms with van der Waals surface area (Å²) < 4.78 is 0. The van der Waals surface area contributed by atoms with Gasteiger partial charge in [0.1, 0.15) is 0 Å². The SMILES string of the molecule is CCC(C)C(N)C(=O)Nc1nc2c(s1)CN(Cc1ccccc1)CC2.Cl. The van der Waals surface area contributed by atoms with Crippen molar-refractivity contribution in [3.63, 3.8) is 0 Å². The smallest absolute Gasteiger partial charge is 0.243 e. The van der Waals surface area contributed by atoms with E-state index in [9.17, 15) is 4.79 Å². The molecule has 3 N–H and O–H groups in total. The first-order valence-corrected chi connectivity index (χ1v) is 9.69. The van der Waals surface area contributed by atoms with Gasteiger partial charge in [-0.05, 0) is 11.5 Å². The molecule has 2 aromatic rings. The van der Waals surface area contributed by atoms with Gasteiger partial charge in [0.15, 0.2) is 5.13 Å². The third-order valence-corrected chi connectivity index (χ3v) is 5.85. The number of amides is 1. The van der Waals surface area contributed by atoms with Crippen molar-refractivity contribution in [2.45, 2.75) is 45.8 Å². The molecule has 0 saturated carbocycles. The van der Waals surface area contributed by atoms with Crippen LogP contribution in [0.2, 0.25) is 0 Å². The number of nitrogens with two attached hydrogens (primary N) is 1. The molecule has 2 heterocycles. The van der Waals surface area contributed by atoms with E-state index in [-0.39, 0.29) is 24.2 Å². The maximum Gasteiger partial charge on any atom is 0.243 e. The Balaban J connectivity index is 0.00000243. The van der Waals surface area contributed by atoms with Crippen LogP contribution in [0.25, 0.3) is 0 Å². The third-order valence-electron chi connectivity index (χ3n) is 4.85. The molecule has 0 radical (unpaired) electrons. The molecule has 1 aromatic carbocycles. The zero-order valence-corrected chi connectivity index (χ0v) is 16.9. The van der Waals surface area contributed by atoms with Crippen molar-refractivity contribution in [1.29, 1.82) is 0 Å². The number of hydrogen-bond acceptors (Lipinski definition) is 5. The first-order chi connectivity index (χ1) is 12.1. The van der Waals surface area contributed by atoms with Gasteiger partial charge in [0.2, 0.25) is 5.91 Å². The second-order valence-electron chi connectivity index (χ2n) is 6.74. The van der Waals surface area contributed by atoms with E-state index < -0.39 is 6.04 Å². The Kier molecular flexibility index (Phi) is 7.58. The zero-order chi connectivity index (χ0) is 17.8. The van der Waals surface area contributed by atoms with Crippen molar-refractivity contribution in [2.75, 3.05) is 11.9 Å². The molecule has 1 aromatic heterocycles. The Labute approximate surface area is 165 Å². The number of carbonyl (C=O) groups is 1. The molecule has 5 nitrogen and oxygen atoms in total. The molecule has 0 saturated heterocycles. The van der Waals surface area contributed by atoms with Crippen molar-refractivity contribution >= 4 is 34.8 Å². The van der Waals surface area contributed by atoms with Gasteiger partial charge in [-0.1, -0.05) is 50.6 Å². The van der Waals surface area contributed by atoms with Crippen molar-refractivity contribution < 1.29 is 4.79 Å². The summed E-state index contributed by atoms with van der Waals surface area (Å²) in [5, 5.41) is 3.58. The van der Waals surface area contributed by atoms with Crippen molar-refractivity contribution in [1.82, 2.24) is 9.88 Å². The molecule has 1 aliphatic rings. The first kappa shape index (κ1) is 20.8. The molecule has 1 aliphatic heterocycles. The van der Waals surface area contributed by atoms with E-state index in [4.69, 9.17) is 5.73 Å². The number of fused-ring (bicyclic) bond motifs is 1. The number of thiazole rings is 1. The van der Waals surface area contributed by atoms with E-state index in [1.807, 2.05) is 19.9 Å². The van der Waals surface area contributed by atoms with Crippen LogP contribution in [0.1, 0.15) is 36.4 Å². The minimum absolute atomic E-state index is 0. The Morgan fingerprint density at radius 1 is 1.38 bits per heavy atom. The van der Waals surface area contributed by atoms with Gasteiger partial charge in [-0.2, -0.15) is 0 Å². The summed E-state index contributed by atoms with van der Waals surface area (Å²) in [5.74, 6) is 0.0255. The number of anilines is 1. The molecule has 0 fully saturated rings. The van der Waals surface area contributed by atoms with E-state index >= 15 is 0 Å². The lowest BCUT2D eigenvalue weighted by atomic mass is 10.00. The highest BCUT2D eigenvalue weighted by atomic mass is 35.5. The lowest BCUT2D eigenvalue weighted by Gasteiger charge is -2.25. The molecule has 1 amide bonds. The molecule has 2 unspecified atom stereocenters. The summed E-state index contributed by atoms with van der Waals surface area (Å²) in [7, 11) is 0. The number of nitrogens with one attached hydrogen (secondary N) is 1. The summed E-state index contributed by atoms with van der Waals surface area (Å²) in [6, 6.07) is 10.0. The fourth-order valence-electron chi connectivity index (χ4n) is 2.98. The second kappa shape index (κ2) is 9.46. The lowest BCUT2D eigenvalue weighted by molar-refractivity contribution is -0.118. The predicted molar refractivity (Wildman–Crippen MR) is 110 cm³/mol. The quantitative estimate of drug-likeness (QED) is 0.787. The fraction of sp³-hybridized carbons (Fsp3) is 0.474. The molecule has 0 spiro atoms. The number of halogens is 1. The zero-order valence-electron chi connectivity index (χ0n) is 15.3. The average Bonchev–Trinajstić information content (AvgIpc) is 3.02.